The van der Waals surface area contributed by atoms with E-state index in [1.165, 1.54) is 0 Å². The summed E-state index contributed by atoms with van der Waals surface area (Å²) in [6, 6.07) is 0. The van der Waals surface area contributed by atoms with Gasteiger partial charge in [-0.25, -0.2) is 5.84 Å². The Morgan fingerprint density at radius 1 is 1.50 bits per heavy atom. The van der Waals surface area contributed by atoms with Crippen LogP contribution in [0.3, 0.4) is 0 Å². The molecule has 1 fully saturated rings. The zero-order chi connectivity index (χ0) is 12.2. The molecule has 0 aromatic rings. The summed E-state index contributed by atoms with van der Waals surface area (Å²) in [4.78, 5) is 12.5. The number of nitrogens with one attached hydrogen (secondary N) is 1. The fraction of sp³-hybridized carbons (Fsp3) is 0.889. The molecule has 1 saturated heterocycles. The van der Waals surface area contributed by atoms with Gasteiger partial charge in [0.25, 0.3) is 0 Å². The molecule has 7 heteroatoms. The summed E-state index contributed by atoms with van der Waals surface area (Å²) >= 11 is 0. The Hall–Kier alpha value is -0.820. The number of hydrogen-bond donors (Lipinski definition) is 2. The highest BCUT2D eigenvalue weighted by Crippen LogP contribution is 2.32. The molecule has 0 radical (unpaired) electrons. The molecule has 4 nitrogen and oxygen atoms in total. The smallest absolute Gasteiger partial charge is 0.302 e. The molecular formula is C9H16F3N3O. The van der Waals surface area contributed by atoms with Crippen molar-refractivity contribution in [3.63, 3.8) is 0 Å². The SMILES string of the molecule is NNC(=O)CCN1CCCC(C(F)(F)F)C1. The van der Waals surface area contributed by atoms with E-state index in [0.29, 0.717) is 19.5 Å². The van der Waals surface area contributed by atoms with E-state index >= 15 is 0 Å². The van der Waals surface area contributed by atoms with Crippen LogP contribution in [0.25, 0.3) is 0 Å². The standard InChI is InChI=1S/C9H16F3N3O/c10-9(11,12)7-2-1-4-15(6-7)5-3-8(16)14-13/h7H,1-6,13H2,(H,14,16). The van der Waals surface area contributed by atoms with Crippen LogP contribution in [0.1, 0.15) is 19.3 Å². The molecule has 94 valence electrons. The second-order valence-electron chi connectivity index (χ2n) is 4.00. The Labute approximate surface area is 91.9 Å². The van der Waals surface area contributed by atoms with Gasteiger partial charge in [-0.1, -0.05) is 0 Å². The summed E-state index contributed by atoms with van der Waals surface area (Å²) in [6.07, 6.45) is -3.28. The zero-order valence-corrected chi connectivity index (χ0v) is 8.89. The van der Waals surface area contributed by atoms with Gasteiger partial charge in [0.05, 0.1) is 5.92 Å². The Balaban J connectivity index is 2.36. The quantitative estimate of drug-likeness (QED) is 0.431. The minimum absolute atomic E-state index is 0.0125. The van der Waals surface area contributed by atoms with Gasteiger partial charge in [0.15, 0.2) is 0 Å². The predicted molar refractivity (Wildman–Crippen MR) is 52.2 cm³/mol. The number of nitrogens with zero attached hydrogens (tertiary/aromatic N) is 1. The van der Waals surface area contributed by atoms with Crippen LogP contribution >= 0.6 is 0 Å². The maximum absolute atomic E-state index is 12.5. The topological polar surface area (TPSA) is 58.4 Å². The van der Waals surface area contributed by atoms with Crippen LogP contribution in [0.15, 0.2) is 0 Å². The summed E-state index contributed by atoms with van der Waals surface area (Å²) < 4.78 is 37.4. The number of likely N-dealkylation sites (tertiary alicyclic amines) is 1. The number of carbonyl (C=O) groups excluding carboxylic acids is 1. The third-order valence-electron chi connectivity index (χ3n) is 2.78. The second-order valence-corrected chi connectivity index (χ2v) is 4.00. The second kappa shape index (κ2) is 5.49. The number of hydrazine groups is 1. The lowest BCUT2D eigenvalue weighted by molar-refractivity contribution is -0.186. The number of hydrogen-bond acceptors (Lipinski definition) is 3. The first-order valence-corrected chi connectivity index (χ1v) is 5.22. The molecule has 0 bridgehead atoms. The monoisotopic (exact) mass is 239 g/mol. The third-order valence-corrected chi connectivity index (χ3v) is 2.78. The summed E-state index contributed by atoms with van der Waals surface area (Å²) in [7, 11) is 0. The van der Waals surface area contributed by atoms with Crippen molar-refractivity contribution < 1.29 is 18.0 Å². The van der Waals surface area contributed by atoms with E-state index < -0.39 is 12.1 Å². The van der Waals surface area contributed by atoms with Gasteiger partial charge in [-0.05, 0) is 19.4 Å². The van der Waals surface area contributed by atoms with Crippen molar-refractivity contribution in [1.29, 1.82) is 0 Å². The van der Waals surface area contributed by atoms with Crippen LogP contribution in [-0.2, 0) is 4.79 Å². The lowest BCUT2D eigenvalue weighted by Gasteiger charge is -2.33. The molecule has 16 heavy (non-hydrogen) atoms. The normalized spacial score (nSPS) is 23.1. The van der Waals surface area contributed by atoms with Crippen LogP contribution in [0.2, 0.25) is 0 Å². The first-order chi connectivity index (χ1) is 7.43. The van der Waals surface area contributed by atoms with Crippen LogP contribution in [-0.4, -0.2) is 36.6 Å². The Morgan fingerprint density at radius 3 is 2.75 bits per heavy atom. The van der Waals surface area contributed by atoms with Gasteiger partial charge in [0, 0.05) is 19.5 Å². The highest BCUT2D eigenvalue weighted by molar-refractivity contribution is 5.75. The average molecular weight is 239 g/mol. The van der Waals surface area contributed by atoms with Crippen LogP contribution in [0, 0.1) is 5.92 Å². The first-order valence-electron chi connectivity index (χ1n) is 5.22. The van der Waals surface area contributed by atoms with Gasteiger partial charge in [0.2, 0.25) is 5.91 Å². The molecule has 0 spiro atoms. The molecule has 1 aliphatic heterocycles. The molecule has 0 aromatic heterocycles. The molecule has 1 heterocycles. The molecule has 0 saturated carbocycles. The van der Waals surface area contributed by atoms with Gasteiger partial charge in [0.1, 0.15) is 0 Å². The summed E-state index contributed by atoms with van der Waals surface area (Å²) in [5.74, 6) is 3.27. The summed E-state index contributed by atoms with van der Waals surface area (Å²) in [5, 5.41) is 0. The van der Waals surface area contributed by atoms with E-state index in [1.54, 1.807) is 4.90 Å². The van der Waals surface area contributed by atoms with Crippen molar-refractivity contribution in [3.8, 4) is 0 Å². The molecule has 3 N–H and O–H groups in total. The van der Waals surface area contributed by atoms with Crippen molar-refractivity contribution in [2.24, 2.45) is 11.8 Å². The lowest BCUT2D eigenvalue weighted by atomic mass is 9.97. The minimum atomic E-state index is -4.13. The van der Waals surface area contributed by atoms with E-state index in [4.69, 9.17) is 5.84 Å². The molecule has 1 unspecified atom stereocenters. The van der Waals surface area contributed by atoms with Gasteiger partial charge in [-0.3, -0.25) is 10.2 Å². The Morgan fingerprint density at radius 2 is 2.19 bits per heavy atom. The van der Waals surface area contributed by atoms with E-state index in [2.05, 4.69) is 0 Å². The average Bonchev–Trinajstić information content (AvgIpc) is 2.25. The van der Waals surface area contributed by atoms with Crippen LogP contribution in [0.4, 0.5) is 13.2 Å². The molecule has 1 atom stereocenters. The van der Waals surface area contributed by atoms with E-state index in [9.17, 15) is 18.0 Å². The van der Waals surface area contributed by atoms with E-state index in [0.717, 1.165) is 0 Å². The number of carbonyl (C=O) groups is 1. The number of rotatable bonds is 3. The number of amides is 1. The largest absolute Gasteiger partial charge is 0.393 e. The van der Waals surface area contributed by atoms with Gasteiger partial charge in [-0.2, -0.15) is 13.2 Å². The molecule has 0 aliphatic carbocycles. The van der Waals surface area contributed by atoms with Crippen molar-refractivity contribution in [2.45, 2.75) is 25.4 Å². The number of alkyl halides is 3. The third kappa shape index (κ3) is 3.97. The molecule has 1 aliphatic rings. The van der Waals surface area contributed by atoms with Crippen molar-refractivity contribution in [3.05, 3.63) is 0 Å². The van der Waals surface area contributed by atoms with Crippen molar-refractivity contribution >= 4 is 5.91 Å². The van der Waals surface area contributed by atoms with Crippen LogP contribution in [0.5, 0.6) is 0 Å². The number of nitrogens with two attached hydrogens (primary N) is 1. The fourth-order valence-corrected chi connectivity index (χ4v) is 1.86. The van der Waals surface area contributed by atoms with Gasteiger partial charge >= 0.3 is 6.18 Å². The van der Waals surface area contributed by atoms with Crippen molar-refractivity contribution in [1.82, 2.24) is 10.3 Å². The Bertz CT molecular complexity index is 245. The first kappa shape index (κ1) is 13.2. The minimum Gasteiger partial charge on any atom is -0.302 e. The summed E-state index contributed by atoms with van der Waals surface area (Å²) in [5.41, 5.74) is 1.96. The Kier molecular flexibility index (Phi) is 4.55. The molecule has 1 amide bonds. The summed E-state index contributed by atoms with van der Waals surface area (Å²) in [6.45, 7) is 0.932. The molecule has 0 aromatic carbocycles. The van der Waals surface area contributed by atoms with E-state index in [1.807, 2.05) is 5.43 Å². The molecule has 1 rings (SSSR count). The van der Waals surface area contributed by atoms with Crippen LogP contribution < -0.4 is 11.3 Å². The van der Waals surface area contributed by atoms with Gasteiger partial charge in [-0.15, -0.1) is 0 Å². The van der Waals surface area contributed by atoms with Gasteiger partial charge < -0.3 is 4.90 Å². The predicted octanol–water partition coefficient (Wildman–Crippen LogP) is 0.641. The zero-order valence-electron chi connectivity index (χ0n) is 8.89. The highest BCUT2D eigenvalue weighted by atomic mass is 19.4. The molecular weight excluding hydrogens is 223 g/mol. The lowest BCUT2D eigenvalue weighted by Crippen LogP contribution is -2.43. The van der Waals surface area contributed by atoms with E-state index in [-0.39, 0.29) is 25.3 Å². The van der Waals surface area contributed by atoms with Crippen molar-refractivity contribution in [2.75, 3.05) is 19.6 Å². The maximum Gasteiger partial charge on any atom is 0.393 e. The highest BCUT2D eigenvalue weighted by Gasteiger charge is 2.41. The number of halogens is 3. The number of piperidine rings is 1. The maximum atomic E-state index is 12.5. The fourth-order valence-electron chi connectivity index (χ4n) is 1.86.